The van der Waals surface area contributed by atoms with Gasteiger partial charge in [-0.15, -0.1) is 0 Å². The lowest BCUT2D eigenvalue weighted by Crippen LogP contribution is -2.13. The molecule has 0 unspecified atom stereocenters. The van der Waals surface area contributed by atoms with Crippen molar-refractivity contribution in [2.24, 2.45) is 5.73 Å². The number of nitrogens with two attached hydrogens (primary N) is 1. The molecule has 2 N–H and O–H groups in total. The molecule has 0 aromatic heterocycles. The zero-order valence-electron chi connectivity index (χ0n) is 3.89. The second-order valence-electron chi connectivity index (χ2n) is 1.24. The summed E-state index contributed by atoms with van der Waals surface area (Å²) in [4.78, 5) is 0. The molecule has 0 bridgehead atoms. The van der Waals surface area contributed by atoms with E-state index >= 15 is 0 Å². The van der Waals surface area contributed by atoms with Crippen molar-refractivity contribution in [3.63, 3.8) is 0 Å². The third-order valence-corrected chi connectivity index (χ3v) is 0.669. The minimum atomic E-state index is 0.367. The molecule has 0 aromatic carbocycles. The lowest BCUT2D eigenvalue weighted by Gasteiger charge is -2.10. The highest BCUT2D eigenvalue weighted by molar-refractivity contribution is 4.81. The van der Waals surface area contributed by atoms with Crippen molar-refractivity contribution in [1.82, 2.24) is 0 Å². The van der Waals surface area contributed by atoms with Gasteiger partial charge in [0.1, 0.15) is 19.5 Å². The average molecular weight is 101 g/mol. The quantitative estimate of drug-likeness (QED) is 0.459. The summed E-state index contributed by atoms with van der Waals surface area (Å²) in [6, 6.07) is 0. The smallest absolute Gasteiger partial charge is 0.220 e. The van der Waals surface area contributed by atoms with Crippen molar-refractivity contribution >= 4 is 0 Å². The van der Waals surface area contributed by atoms with Gasteiger partial charge in [-0.3, -0.25) is 0 Å². The second kappa shape index (κ2) is 1.73. The molecule has 0 amide bonds. The second-order valence-corrected chi connectivity index (χ2v) is 1.24. The number of hydrogen-bond donors (Lipinski definition) is 1. The lowest BCUT2D eigenvalue weighted by atomic mass is 10.7. The Bertz CT molecular complexity index is 89.7. The van der Waals surface area contributed by atoms with Crippen LogP contribution in [0.1, 0.15) is 0 Å². The molecule has 1 rings (SSSR count). The average Bonchev–Trinajstić information content (AvgIpc) is 1.69. The van der Waals surface area contributed by atoms with Crippen molar-refractivity contribution < 1.29 is 9.47 Å². The van der Waals surface area contributed by atoms with Crippen LogP contribution >= 0.6 is 0 Å². The van der Waals surface area contributed by atoms with Crippen LogP contribution in [0.5, 0.6) is 0 Å². The molecule has 0 aromatic rings. The molecule has 0 fully saturated rings. The molecule has 0 saturated heterocycles. The first-order valence-corrected chi connectivity index (χ1v) is 2.09. The van der Waals surface area contributed by atoms with Crippen LogP contribution < -0.4 is 5.73 Å². The largest absolute Gasteiger partial charge is 0.492 e. The van der Waals surface area contributed by atoms with Gasteiger partial charge in [0.2, 0.25) is 5.88 Å². The van der Waals surface area contributed by atoms with Gasteiger partial charge in [0.15, 0.2) is 0 Å². The zero-order valence-corrected chi connectivity index (χ0v) is 3.89. The standard InChI is InChI=1S/C4H7NO2/c5-4-3-6-1-2-7-4/h3H,1-2,5H2. The van der Waals surface area contributed by atoms with E-state index in [-0.39, 0.29) is 0 Å². The Morgan fingerprint density at radius 3 is 2.71 bits per heavy atom. The molecule has 7 heavy (non-hydrogen) atoms. The van der Waals surface area contributed by atoms with Crippen molar-refractivity contribution in [3.8, 4) is 0 Å². The molecule has 0 saturated carbocycles. The van der Waals surface area contributed by atoms with E-state index in [2.05, 4.69) is 0 Å². The summed E-state index contributed by atoms with van der Waals surface area (Å²) in [5.41, 5.74) is 5.15. The Kier molecular flexibility index (Phi) is 1.06. The van der Waals surface area contributed by atoms with Crippen LogP contribution in [0.3, 0.4) is 0 Å². The zero-order chi connectivity index (χ0) is 5.11. The topological polar surface area (TPSA) is 44.5 Å². The van der Waals surface area contributed by atoms with Gasteiger partial charge in [0.25, 0.3) is 0 Å². The van der Waals surface area contributed by atoms with Gasteiger partial charge in [0, 0.05) is 0 Å². The number of rotatable bonds is 0. The fraction of sp³-hybridized carbons (Fsp3) is 0.500. The molecular weight excluding hydrogens is 94.0 g/mol. The van der Waals surface area contributed by atoms with Crippen molar-refractivity contribution in [2.75, 3.05) is 13.2 Å². The van der Waals surface area contributed by atoms with Gasteiger partial charge in [0.05, 0.1) is 0 Å². The highest BCUT2D eigenvalue weighted by Gasteiger charge is 1.96. The highest BCUT2D eigenvalue weighted by Crippen LogP contribution is 1.94. The van der Waals surface area contributed by atoms with Crippen LogP contribution in [-0.2, 0) is 9.47 Å². The van der Waals surface area contributed by atoms with Gasteiger partial charge in [-0.05, 0) is 0 Å². The predicted octanol–water partition coefficient (Wildman–Crippen LogP) is -0.209. The Morgan fingerprint density at radius 2 is 2.43 bits per heavy atom. The van der Waals surface area contributed by atoms with E-state index in [1.807, 2.05) is 0 Å². The van der Waals surface area contributed by atoms with E-state index in [0.29, 0.717) is 19.1 Å². The van der Waals surface area contributed by atoms with E-state index < -0.39 is 0 Å². The lowest BCUT2D eigenvalue weighted by molar-refractivity contribution is 0.0829. The maximum absolute atomic E-state index is 5.15. The summed E-state index contributed by atoms with van der Waals surface area (Å²) in [6.07, 6.45) is 1.41. The summed E-state index contributed by atoms with van der Waals surface area (Å²) in [6.45, 7) is 1.18. The summed E-state index contributed by atoms with van der Waals surface area (Å²) >= 11 is 0. The maximum Gasteiger partial charge on any atom is 0.220 e. The van der Waals surface area contributed by atoms with Crippen LogP contribution in [-0.4, -0.2) is 13.2 Å². The van der Waals surface area contributed by atoms with Crippen molar-refractivity contribution in [3.05, 3.63) is 12.1 Å². The summed E-state index contributed by atoms with van der Waals surface area (Å²) < 4.78 is 9.56. The molecule has 0 aliphatic carbocycles. The highest BCUT2D eigenvalue weighted by atomic mass is 16.6. The number of ether oxygens (including phenoxy) is 2. The molecule has 0 atom stereocenters. The Morgan fingerprint density at radius 1 is 1.57 bits per heavy atom. The molecule has 0 spiro atoms. The van der Waals surface area contributed by atoms with E-state index in [0.717, 1.165) is 0 Å². The van der Waals surface area contributed by atoms with Crippen LogP contribution in [0.2, 0.25) is 0 Å². The van der Waals surface area contributed by atoms with E-state index in [1.165, 1.54) is 6.26 Å². The molecule has 3 nitrogen and oxygen atoms in total. The predicted molar refractivity (Wildman–Crippen MR) is 24.2 cm³/mol. The molecule has 40 valence electrons. The van der Waals surface area contributed by atoms with E-state index in [4.69, 9.17) is 15.2 Å². The fourth-order valence-corrected chi connectivity index (χ4v) is 0.383. The van der Waals surface area contributed by atoms with Gasteiger partial charge in [-0.25, -0.2) is 0 Å². The SMILES string of the molecule is NC1=COCCO1. The van der Waals surface area contributed by atoms with Crippen LogP contribution in [0.25, 0.3) is 0 Å². The minimum Gasteiger partial charge on any atom is -0.492 e. The van der Waals surface area contributed by atoms with Crippen molar-refractivity contribution in [1.29, 1.82) is 0 Å². The normalized spacial score (nSPS) is 19.1. The Hall–Kier alpha value is -0.860. The van der Waals surface area contributed by atoms with Gasteiger partial charge >= 0.3 is 0 Å². The van der Waals surface area contributed by atoms with E-state index in [1.54, 1.807) is 0 Å². The first-order valence-electron chi connectivity index (χ1n) is 2.09. The first-order chi connectivity index (χ1) is 3.39. The van der Waals surface area contributed by atoms with Crippen molar-refractivity contribution in [2.45, 2.75) is 0 Å². The first kappa shape index (κ1) is 4.30. The number of hydrogen-bond acceptors (Lipinski definition) is 3. The maximum atomic E-state index is 5.15. The van der Waals surface area contributed by atoms with Gasteiger partial charge < -0.3 is 15.2 Å². The van der Waals surface area contributed by atoms with Gasteiger partial charge in [-0.1, -0.05) is 0 Å². The summed E-state index contributed by atoms with van der Waals surface area (Å²) in [5, 5.41) is 0. The minimum absolute atomic E-state index is 0.367. The summed E-state index contributed by atoms with van der Waals surface area (Å²) in [5.74, 6) is 0.367. The van der Waals surface area contributed by atoms with Crippen LogP contribution in [0.15, 0.2) is 12.1 Å². The molecule has 1 heterocycles. The molecule has 3 heteroatoms. The van der Waals surface area contributed by atoms with E-state index in [9.17, 15) is 0 Å². The molecular formula is C4H7NO2. The third kappa shape index (κ3) is 0.994. The van der Waals surface area contributed by atoms with Gasteiger partial charge in [-0.2, -0.15) is 0 Å². The molecule has 1 aliphatic rings. The van der Waals surface area contributed by atoms with Crippen LogP contribution in [0.4, 0.5) is 0 Å². The molecule has 1 aliphatic heterocycles. The Balaban J connectivity index is 2.40. The third-order valence-electron chi connectivity index (χ3n) is 0.669. The monoisotopic (exact) mass is 101 g/mol. The summed E-state index contributed by atoms with van der Waals surface area (Å²) in [7, 11) is 0. The van der Waals surface area contributed by atoms with Crippen LogP contribution in [0, 0.1) is 0 Å². The Labute approximate surface area is 41.7 Å². The molecule has 0 radical (unpaired) electrons. The fourth-order valence-electron chi connectivity index (χ4n) is 0.383.